The van der Waals surface area contributed by atoms with Gasteiger partial charge in [-0.05, 0) is 17.3 Å². The normalized spacial score (nSPS) is 9.33. The summed E-state index contributed by atoms with van der Waals surface area (Å²) < 4.78 is 0. The summed E-state index contributed by atoms with van der Waals surface area (Å²) in [5.74, 6) is -1.99. The summed E-state index contributed by atoms with van der Waals surface area (Å²) >= 11 is 0. The molecule has 5 nitrogen and oxygen atoms in total. The molecular weight excluding hydrogens is 162 g/mol. The van der Waals surface area contributed by atoms with Crippen molar-refractivity contribution in [3.05, 3.63) is 28.7 Å². The molecule has 1 aromatic rings. The van der Waals surface area contributed by atoms with E-state index in [0.717, 1.165) is 12.1 Å². The molecule has 0 radical (unpaired) electrons. The number of benzene rings is 1. The molecule has 0 saturated heterocycles. The molecule has 0 heterocycles. The summed E-state index contributed by atoms with van der Waals surface area (Å²) in [6.07, 6.45) is 0. The Labute approximate surface area is 67.2 Å². The van der Waals surface area contributed by atoms with E-state index in [1.807, 2.05) is 0 Å². The SMILES string of the molecule is O=Nc1ccc([O-])c(C(=O)O)c1. The second-order valence-corrected chi connectivity index (χ2v) is 2.08. The number of carboxylic acid groups (broad SMARTS) is 1. The standard InChI is InChI=1S/C7H5NO4/c9-6-2-1-4(8-12)3-5(6)7(10)11/h1-3,9H,(H,10,11)/p-1. The third kappa shape index (κ3) is 1.39. The Bertz CT molecular complexity index is 334. The van der Waals surface area contributed by atoms with Gasteiger partial charge in [0.2, 0.25) is 0 Å². The molecule has 0 aliphatic carbocycles. The fourth-order valence-electron chi connectivity index (χ4n) is 0.742. The van der Waals surface area contributed by atoms with Crippen molar-refractivity contribution >= 4 is 11.7 Å². The van der Waals surface area contributed by atoms with E-state index in [0.29, 0.717) is 0 Å². The molecule has 0 unspecified atom stereocenters. The highest BCUT2D eigenvalue weighted by Crippen LogP contribution is 2.20. The van der Waals surface area contributed by atoms with Crippen molar-refractivity contribution in [2.24, 2.45) is 5.18 Å². The minimum Gasteiger partial charge on any atom is -0.872 e. The lowest BCUT2D eigenvalue weighted by atomic mass is 10.2. The Balaban J connectivity index is 3.25. The zero-order valence-corrected chi connectivity index (χ0v) is 5.85. The van der Waals surface area contributed by atoms with E-state index in [4.69, 9.17) is 5.11 Å². The van der Waals surface area contributed by atoms with Crippen LogP contribution in [0.1, 0.15) is 10.4 Å². The molecule has 0 spiro atoms. The summed E-state index contributed by atoms with van der Waals surface area (Å²) in [5.41, 5.74) is -0.501. The van der Waals surface area contributed by atoms with E-state index in [-0.39, 0.29) is 5.69 Å². The monoisotopic (exact) mass is 166 g/mol. The minimum atomic E-state index is -1.36. The zero-order chi connectivity index (χ0) is 9.14. The van der Waals surface area contributed by atoms with Crippen LogP contribution in [-0.4, -0.2) is 11.1 Å². The van der Waals surface area contributed by atoms with E-state index < -0.39 is 17.3 Å². The van der Waals surface area contributed by atoms with Crippen LogP contribution in [0.2, 0.25) is 0 Å². The summed E-state index contributed by atoms with van der Waals surface area (Å²) in [5, 5.41) is 21.7. The molecule has 0 aromatic heterocycles. The van der Waals surface area contributed by atoms with E-state index in [1.165, 1.54) is 6.07 Å². The van der Waals surface area contributed by atoms with Gasteiger partial charge in [-0.15, -0.1) is 4.91 Å². The number of nitrogens with zero attached hydrogens (tertiary/aromatic N) is 1. The van der Waals surface area contributed by atoms with Gasteiger partial charge in [0, 0.05) is 0 Å². The van der Waals surface area contributed by atoms with Crippen LogP contribution in [0.25, 0.3) is 0 Å². The highest BCUT2D eigenvalue weighted by atomic mass is 16.4. The van der Waals surface area contributed by atoms with Crippen molar-refractivity contribution in [2.75, 3.05) is 0 Å². The number of hydrogen-bond donors (Lipinski definition) is 1. The largest absolute Gasteiger partial charge is 0.872 e. The number of aromatic carboxylic acids is 1. The van der Waals surface area contributed by atoms with Crippen LogP contribution < -0.4 is 5.11 Å². The first-order valence-electron chi connectivity index (χ1n) is 3.03. The highest BCUT2D eigenvalue weighted by molar-refractivity contribution is 5.91. The first-order chi connectivity index (χ1) is 5.65. The van der Waals surface area contributed by atoms with Crippen molar-refractivity contribution < 1.29 is 15.0 Å². The Hall–Kier alpha value is -1.91. The second-order valence-electron chi connectivity index (χ2n) is 2.08. The van der Waals surface area contributed by atoms with Gasteiger partial charge in [0.15, 0.2) is 0 Å². The summed E-state index contributed by atoms with van der Waals surface area (Å²) in [6, 6.07) is 3.11. The second kappa shape index (κ2) is 3.00. The number of carboxylic acids is 1. The lowest BCUT2D eigenvalue weighted by Crippen LogP contribution is -2.02. The van der Waals surface area contributed by atoms with Crippen molar-refractivity contribution in [2.45, 2.75) is 0 Å². The van der Waals surface area contributed by atoms with Crippen molar-refractivity contribution in [1.82, 2.24) is 0 Å². The van der Waals surface area contributed by atoms with Crippen LogP contribution in [-0.2, 0) is 0 Å². The maximum absolute atomic E-state index is 10.8. The van der Waals surface area contributed by atoms with Gasteiger partial charge >= 0.3 is 5.97 Å². The van der Waals surface area contributed by atoms with E-state index >= 15 is 0 Å². The first-order valence-corrected chi connectivity index (χ1v) is 3.03. The third-order valence-electron chi connectivity index (χ3n) is 1.30. The van der Waals surface area contributed by atoms with Gasteiger partial charge in [-0.3, -0.25) is 0 Å². The van der Waals surface area contributed by atoms with Crippen molar-refractivity contribution in [3.63, 3.8) is 0 Å². The van der Waals surface area contributed by atoms with Gasteiger partial charge in [0.25, 0.3) is 0 Å². The van der Waals surface area contributed by atoms with Crippen molar-refractivity contribution in [1.29, 1.82) is 0 Å². The average molecular weight is 166 g/mol. The topological polar surface area (TPSA) is 89.8 Å². The van der Waals surface area contributed by atoms with Gasteiger partial charge in [0.1, 0.15) is 5.69 Å². The number of rotatable bonds is 2. The van der Waals surface area contributed by atoms with E-state index in [1.54, 1.807) is 0 Å². The molecule has 0 amide bonds. The molecule has 62 valence electrons. The molecule has 0 fully saturated rings. The predicted octanol–water partition coefficient (Wildman–Crippen LogP) is 0.856. The van der Waals surface area contributed by atoms with Gasteiger partial charge in [-0.25, -0.2) is 4.79 Å². The van der Waals surface area contributed by atoms with Crippen LogP contribution >= 0.6 is 0 Å². The van der Waals surface area contributed by atoms with Gasteiger partial charge in [0.05, 0.1) is 5.56 Å². The quantitative estimate of drug-likeness (QED) is 0.659. The van der Waals surface area contributed by atoms with Crippen molar-refractivity contribution in [3.8, 4) is 5.75 Å². The molecule has 0 saturated carbocycles. The minimum absolute atomic E-state index is 0.0630. The van der Waals surface area contributed by atoms with Gasteiger partial charge < -0.3 is 10.2 Å². The molecule has 0 aliphatic rings. The van der Waals surface area contributed by atoms with Gasteiger partial charge in [-0.2, -0.15) is 0 Å². The Morgan fingerprint density at radius 3 is 2.67 bits per heavy atom. The molecule has 1 rings (SSSR count). The fraction of sp³-hybridized carbons (Fsp3) is 0. The van der Waals surface area contributed by atoms with Crippen LogP contribution in [0.5, 0.6) is 5.75 Å². The molecule has 0 bridgehead atoms. The number of hydrogen-bond acceptors (Lipinski definition) is 4. The van der Waals surface area contributed by atoms with Crippen LogP contribution in [0.4, 0.5) is 5.69 Å². The van der Waals surface area contributed by atoms with Crippen LogP contribution in [0, 0.1) is 4.91 Å². The van der Waals surface area contributed by atoms with Crippen LogP contribution in [0.3, 0.4) is 0 Å². The summed E-state index contributed by atoms with van der Waals surface area (Å²) in [6.45, 7) is 0. The number of carbonyl (C=O) groups is 1. The highest BCUT2D eigenvalue weighted by Gasteiger charge is 2.04. The molecular formula is C7H4NO4-. The number of nitroso groups, excluding NO2 is 1. The maximum atomic E-state index is 10.8. The van der Waals surface area contributed by atoms with E-state index in [9.17, 15) is 14.8 Å². The third-order valence-corrected chi connectivity index (χ3v) is 1.30. The molecule has 1 aromatic carbocycles. The zero-order valence-electron chi connectivity index (χ0n) is 5.85. The Kier molecular flexibility index (Phi) is 2.05. The predicted molar refractivity (Wildman–Crippen MR) is 38.3 cm³/mol. The lowest BCUT2D eigenvalue weighted by Gasteiger charge is -2.08. The lowest BCUT2D eigenvalue weighted by molar-refractivity contribution is -0.268. The maximum Gasteiger partial charge on any atom is 0.335 e. The van der Waals surface area contributed by atoms with Gasteiger partial charge in [-0.1, -0.05) is 11.8 Å². The Morgan fingerprint density at radius 2 is 2.17 bits per heavy atom. The summed E-state index contributed by atoms with van der Waals surface area (Å²) in [4.78, 5) is 20.3. The molecule has 0 atom stereocenters. The Morgan fingerprint density at radius 1 is 1.50 bits per heavy atom. The van der Waals surface area contributed by atoms with Crippen LogP contribution in [0.15, 0.2) is 23.4 Å². The fourth-order valence-corrected chi connectivity index (χ4v) is 0.742. The van der Waals surface area contributed by atoms with E-state index in [2.05, 4.69) is 5.18 Å². The average Bonchev–Trinajstić information content (AvgIpc) is 2.05. The molecule has 0 aliphatic heterocycles. The summed E-state index contributed by atoms with van der Waals surface area (Å²) in [7, 11) is 0. The molecule has 1 N–H and O–H groups in total. The first kappa shape index (κ1) is 8.19. The molecule has 5 heteroatoms. The molecule has 12 heavy (non-hydrogen) atoms. The smallest absolute Gasteiger partial charge is 0.335 e.